The monoisotopic (exact) mass is 260 g/mol. The normalized spacial score (nSPS) is 12.0. The molecule has 2 rings (SSSR count). The number of aromatic amines is 1. The van der Waals surface area contributed by atoms with Crippen molar-refractivity contribution in [3.63, 3.8) is 0 Å². The number of nitrogens with two attached hydrogens (primary N) is 1. The van der Waals surface area contributed by atoms with Crippen LogP contribution in [0.2, 0.25) is 0 Å². The molecule has 0 spiro atoms. The zero-order valence-corrected chi connectivity index (χ0v) is 9.49. The minimum absolute atomic E-state index is 0.0246. The molecule has 18 heavy (non-hydrogen) atoms. The number of anilines is 2. The number of alkyl halides is 3. The number of hydrogen-bond acceptors (Lipinski definition) is 5. The number of imidazole rings is 1. The lowest BCUT2D eigenvalue weighted by Crippen LogP contribution is -2.25. The Morgan fingerprint density at radius 3 is 2.78 bits per heavy atom. The van der Waals surface area contributed by atoms with Gasteiger partial charge in [0.1, 0.15) is 5.52 Å². The molecule has 0 aromatic carbocycles. The van der Waals surface area contributed by atoms with Gasteiger partial charge in [0.2, 0.25) is 5.95 Å². The average Bonchev–Trinajstić information content (AvgIpc) is 2.71. The van der Waals surface area contributed by atoms with Crippen LogP contribution < -0.4 is 10.6 Å². The van der Waals surface area contributed by atoms with Crippen molar-refractivity contribution in [2.45, 2.75) is 12.6 Å². The molecule has 0 bridgehead atoms. The highest BCUT2D eigenvalue weighted by molar-refractivity contribution is 5.83. The van der Waals surface area contributed by atoms with Crippen LogP contribution in [0.3, 0.4) is 0 Å². The second-order valence-corrected chi connectivity index (χ2v) is 3.79. The molecule has 0 saturated heterocycles. The fourth-order valence-corrected chi connectivity index (χ4v) is 1.51. The fourth-order valence-electron chi connectivity index (χ4n) is 1.51. The third kappa shape index (κ3) is 2.60. The van der Waals surface area contributed by atoms with Crippen LogP contribution in [-0.4, -0.2) is 39.7 Å². The Kier molecular flexibility index (Phi) is 2.97. The molecule has 0 fully saturated rings. The minimum atomic E-state index is -4.21. The zero-order chi connectivity index (χ0) is 13.3. The van der Waals surface area contributed by atoms with Gasteiger partial charge in [-0.25, -0.2) is 4.98 Å². The molecule has 0 aliphatic rings. The number of H-pyrrole nitrogens is 1. The van der Waals surface area contributed by atoms with E-state index in [0.29, 0.717) is 17.0 Å². The van der Waals surface area contributed by atoms with E-state index in [4.69, 9.17) is 5.73 Å². The lowest BCUT2D eigenvalue weighted by molar-refractivity contribution is -0.132. The summed E-state index contributed by atoms with van der Waals surface area (Å²) in [5.41, 5.74) is 6.28. The molecule has 2 aromatic rings. The lowest BCUT2D eigenvalue weighted by Gasteiger charge is -2.19. The van der Waals surface area contributed by atoms with Gasteiger partial charge in [0.15, 0.2) is 11.5 Å². The highest BCUT2D eigenvalue weighted by Crippen LogP contribution is 2.24. The Morgan fingerprint density at radius 1 is 1.39 bits per heavy atom. The maximum Gasteiger partial charge on any atom is 0.390 e. The average molecular weight is 260 g/mol. The topological polar surface area (TPSA) is 83.7 Å². The molecule has 2 aromatic heterocycles. The van der Waals surface area contributed by atoms with Crippen molar-refractivity contribution >= 4 is 22.9 Å². The first-order chi connectivity index (χ1) is 8.37. The molecule has 9 heteroatoms. The van der Waals surface area contributed by atoms with E-state index in [1.54, 1.807) is 0 Å². The Bertz CT molecular complexity index is 549. The molecular weight excluding hydrogens is 249 g/mol. The second kappa shape index (κ2) is 4.31. The molecule has 6 nitrogen and oxygen atoms in total. The van der Waals surface area contributed by atoms with Crippen LogP contribution in [0, 0.1) is 0 Å². The predicted octanol–water partition coefficient (Wildman–Crippen LogP) is 1.32. The van der Waals surface area contributed by atoms with Crippen molar-refractivity contribution in [1.29, 1.82) is 0 Å². The molecular formula is C9H11F3N6. The maximum absolute atomic E-state index is 12.2. The number of hydrogen-bond donors (Lipinski definition) is 2. The fraction of sp³-hybridized carbons (Fsp3) is 0.444. The van der Waals surface area contributed by atoms with E-state index in [1.165, 1.54) is 18.3 Å². The number of rotatable bonds is 3. The highest BCUT2D eigenvalue weighted by Gasteiger charge is 2.27. The van der Waals surface area contributed by atoms with Crippen molar-refractivity contribution in [3.05, 3.63) is 6.33 Å². The van der Waals surface area contributed by atoms with Gasteiger partial charge in [0.25, 0.3) is 0 Å². The summed E-state index contributed by atoms with van der Waals surface area (Å²) in [4.78, 5) is 15.8. The van der Waals surface area contributed by atoms with Crippen LogP contribution in [0.25, 0.3) is 11.2 Å². The maximum atomic E-state index is 12.2. The minimum Gasteiger partial charge on any atom is -0.368 e. The van der Waals surface area contributed by atoms with Crippen LogP contribution in [-0.2, 0) is 0 Å². The van der Waals surface area contributed by atoms with E-state index >= 15 is 0 Å². The SMILES string of the molecule is CN(CCC(F)(F)F)c1nc(N)nc2nc[nH]c12. The largest absolute Gasteiger partial charge is 0.390 e. The Hall–Kier alpha value is -2.06. The van der Waals surface area contributed by atoms with Gasteiger partial charge in [-0.2, -0.15) is 23.1 Å². The van der Waals surface area contributed by atoms with Gasteiger partial charge >= 0.3 is 6.18 Å². The van der Waals surface area contributed by atoms with Crippen LogP contribution in [0.15, 0.2) is 6.33 Å². The van der Waals surface area contributed by atoms with Gasteiger partial charge in [0, 0.05) is 13.6 Å². The van der Waals surface area contributed by atoms with Crippen LogP contribution in [0.5, 0.6) is 0 Å². The first-order valence-electron chi connectivity index (χ1n) is 5.11. The summed E-state index contributed by atoms with van der Waals surface area (Å²) in [6, 6.07) is 0. The van der Waals surface area contributed by atoms with E-state index < -0.39 is 12.6 Å². The number of nitrogens with one attached hydrogen (secondary N) is 1. The first-order valence-corrected chi connectivity index (χ1v) is 5.11. The summed E-state index contributed by atoms with van der Waals surface area (Å²) in [5, 5.41) is 0. The number of halogens is 3. The molecule has 0 amide bonds. The van der Waals surface area contributed by atoms with E-state index in [9.17, 15) is 13.2 Å². The van der Waals surface area contributed by atoms with Crippen molar-refractivity contribution in [1.82, 2.24) is 19.9 Å². The van der Waals surface area contributed by atoms with Gasteiger partial charge in [-0.1, -0.05) is 0 Å². The van der Waals surface area contributed by atoms with Gasteiger partial charge < -0.3 is 15.6 Å². The third-order valence-corrected chi connectivity index (χ3v) is 2.38. The van der Waals surface area contributed by atoms with Gasteiger partial charge in [-0.05, 0) is 0 Å². The second-order valence-electron chi connectivity index (χ2n) is 3.79. The molecule has 0 unspecified atom stereocenters. The van der Waals surface area contributed by atoms with Crippen LogP contribution in [0.1, 0.15) is 6.42 Å². The lowest BCUT2D eigenvalue weighted by atomic mass is 10.3. The third-order valence-electron chi connectivity index (χ3n) is 2.38. The summed E-state index contributed by atoms with van der Waals surface area (Å²) in [7, 11) is 1.51. The summed E-state index contributed by atoms with van der Waals surface area (Å²) in [6.45, 7) is -0.214. The molecule has 98 valence electrons. The van der Waals surface area contributed by atoms with E-state index in [1.807, 2.05) is 0 Å². The van der Waals surface area contributed by atoms with Crippen molar-refractivity contribution < 1.29 is 13.2 Å². The Balaban J connectivity index is 2.26. The molecule has 2 heterocycles. The van der Waals surface area contributed by atoms with E-state index in [2.05, 4.69) is 19.9 Å². The van der Waals surface area contributed by atoms with Gasteiger partial charge in [-0.15, -0.1) is 0 Å². The van der Waals surface area contributed by atoms with Crippen molar-refractivity contribution in [2.75, 3.05) is 24.2 Å². The Morgan fingerprint density at radius 2 is 2.11 bits per heavy atom. The Labute approximate surface area is 100 Å². The van der Waals surface area contributed by atoms with Crippen LogP contribution in [0.4, 0.5) is 24.9 Å². The smallest absolute Gasteiger partial charge is 0.368 e. The number of aromatic nitrogens is 4. The van der Waals surface area contributed by atoms with E-state index in [0.717, 1.165) is 0 Å². The molecule has 0 aliphatic carbocycles. The van der Waals surface area contributed by atoms with Gasteiger partial charge in [0.05, 0.1) is 12.7 Å². The highest BCUT2D eigenvalue weighted by atomic mass is 19.4. The molecule has 0 atom stereocenters. The molecule has 0 saturated carbocycles. The quantitative estimate of drug-likeness (QED) is 0.869. The van der Waals surface area contributed by atoms with E-state index in [-0.39, 0.29) is 12.5 Å². The predicted molar refractivity (Wildman–Crippen MR) is 60.0 cm³/mol. The zero-order valence-electron chi connectivity index (χ0n) is 9.49. The first kappa shape index (κ1) is 12.4. The summed E-state index contributed by atoms with van der Waals surface area (Å²) in [5.74, 6) is 0.280. The molecule has 3 N–H and O–H groups in total. The standard InChI is InChI=1S/C9H11F3N6/c1-18(3-2-9(10,11)12)7-5-6(15-4-14-5)16-8(13)17-7/h4H,2-3H2,1H3,(H3,13,14,15,16,17). The van der Waals surface area contributed by atoms with Gasteiger partial charge in [-0.3, -0.25) is 0 Å². The van der Waals surface area contributed by atoms with Crippen molar-refractivity contribution in [3.8, 4) is 0 Å². The summed E-state index contributed by atoms with van der Waals surface area (Å²) >= 11 is 0. The summed E-state index contributed by atoms with van der Waals surface area (Å²) in [6.07, 6.45) is -3.75. The molecule has 0 aliphatic heterocycles. The summed E-state index contributed by atoms with van der Waals surface area (Å²) < 4.78 is 36.5. The molecule has 0 radical (unpaired) electrons. The van der Waals surface area contributed by atoms with Crippen LogP contribution >= 0.6 is 0 Å². The number of nitrogen functional groups attached to an aromatic ring is 1. The van der Waals surface area contributed by atoms with Crippen molar-refractivity contribution in [2.24, 2.45) is 0 Å². The number of fused-ring (bicyclic) bond motifs is 1. The number of nitrogens with zero attached hydrogens (tertiary/aromatic N) is 4.